The molecule has 9 heteroatoms. The number of anilines is 1. The number of nitrogens with zero attached hydrogens (tertiary/aromatic N) is 6. The minimum Gasteiger partial charge on any atom is -0.494 e. The van der Waals surface area contributed by atoms with Crippen molar-refractivity contribution in [1.82, 2.24) is 24.5 Å². The van der Waals surface area contributed by atoms with Gasteiger partial charge in [0.2, 0.25) is 11.8 Å². The van der Waals surface area contributed by atoms with Crippen molar-refractivity contribution in [3.8, 4) is 5.75 Å². The van der Waals surface area contributed by atoms with Crippen molar-refractivity contribution in [2.75, 3.05) is 64.9 Å². The molecule has 2 fully saturated rings. The third-order valence-corrected chi connectivity index (χ3v) is 8.03. The van der Waals surface area contributed by atoms with Gasteiger partial charge in [-0.25, -0.2) is 0 Å². The van der Waals surface area contributed by atoms with Gasteiger partial charge in [-0.15, -0.1) is 0 Å². The average molecular weight is 539 g/mol. The van der Waals surface area contributed by atoms with E-state index >= 15 is 0 Å². The first-order valence-corrected chi connectivity index (χ1v) is 14.6. The summed E-state index contributed by atoms with van der Waals surface area (Å²) in [5, 5.41) is 4.58. The maximum Gasteiger partial charge on any atom is 0.225 e. The fourth-order valence-corrected chi connectivity index (χ4v) is 5.79. The summed E-state index contributed by atoms with van der Waals surface area (Å²) in [6.45, 7) is 10.0. The molecule has 1 saturated carbocycles. The van der Waals surface area contributed by atoms with Crippen LogP contribution in [0.15, 0.2) is 36.7 Å². The van der Waals surface area contributed by atoms with Crippen LogP contribution in [-0.2, 0) is 16.1 Å². The van der Waals surface area contributed by atoms with E-state index in [4.69, 9.17) is 4.74 Å². The van der Waals surface area contributed by atoms with Gasteiger partial charge in [0.05, 0.1) is 25.0 Å². The van der Waals surface area contributed by atoms with E-state index in [-0.39, 0.29) is 17.9 Å². The number of carbonyl (C=O) groups is 2. The second-order valence-corrected chi connectivity index (χ2v) is 11.0. The Hall–Kier alpha value is -3.07. The number of hydrogen-bond acceptors (Lipinski definition) is 6. The van der Waals surface area contributed by atoms with Gasteiger partial charge in [-0.1, -0.05) is 19.1 Å². The lowest BCUT2D eigenvalue weighted by Gasteiger charge is -2.40. The van der Waals surface area contributed by atoms with E-state index in [0.29, 0.717) is 25.5 Å². The number of benzene rings is 1. The van der Waals surface area contributed by atoms with E-state index in [1.807, 2.05) is 55.9 Å². The molecule has 0 radical (unpaired) electrons. The molecule has 2 aliphatic rings. The lowest BCUT2D eigenvalue weighted by molar-refractivity contribution is -0.138. The largest absolute Gasteiger partial charge is 0.494 e. The molecular formula is C30H46N6O3. The van der Waals surface area contributed by atoms with Gasteiger partial charge in [0.15, 0.2) is 0 Å². The Morgan fingerprint density at radius 2 is 1.77 bits per heavy atom. The summed E-state index contributed by atoms with van der Waals surface area (Å²) in [6.07, 6.45) is 8.13. The summed E-state index contributed by atoms with van der Waals surface area (Å²) in [5.74, 6) is 1.48. The number of ether oxygens (including phenoxy) is 1. The molecule has 0 N–H and O–H groups in total. The van der Waals surface area contributed by atoms with Gasteiger partial charge in [-0.3, -0.25) is 14.3 Å². The average Bonchev–Trinajstić information content (AvgIpc) is 3.41. The molecule has 1 aliphatic carbocycles. The number of aromatic nitrogens is 2. The smallest absolute Gasteiger partial charge is 0.225 e. The highest BCUT2D eigenvalue weighted by Crippen LogP contribution is 2.30. The zero-order valence-corrected chi connectivity index (χ0v) is 24.2. The van der Waals surface area contributed by atoms with Crippen LogP contribution in [0.5, 0.6) is 5.75 Å². The van der Waals surface area contributed by atoms with E-state index < -0.39 is 0 Å². The van der Waals surface area contributed by atoms with Crippen molar-refractivity contribution < 1.29 is 14.3 Å². The number of amides is 2. The van der Waals surface area contributed by atoms with E-state index in [0.717, 1.165) is 82.0 Å². The van der Waals surface area contributed by atoms with Gasteiger partial charge < -0.3 is 24.3 Å². The van der Waals surface area contributed by atoms with E-state index in [1.54, 1.807) is 0 Å². The fourth-order valence-electron chi connectivity index (χ4n) is 5.79. The van der Waals surface area contributed by atoms with Crippen LogP contribution in [0.25, 0.3) is 0 Å². The monoisotopic (exact) mass is 538 g/mol. The molecule has 0 spiro atoms. The van der Waals surface area contributed by atoms with Crippen molar-refractivity contribution >= 4 is 17.5 Å². The van der Waals surface area contributed by atoms with Crippen molar-refractivity contribution in [1.29, 1.82) is 0 Å². The molecule has 4 rings (SSSR count). The first kappa shape index (κ1) is 28.9. The van der Waals surface area contributed by atoms with Crippen LogP contribution in [0.3, 0.4) is 0 Å². The number of likely N-dealkylation sites (N-methyl/N-ethyl adjacent to an activating group) is 1. The zero-order chi connectivity index (χ0) is 27.8. The minimum atomic E-state index is 0.0791. The minimum absolute atomic E-state index is 0.0791. The Kier molecular flexibility index (Phi) is 10.3. The Morgan fingerprint density at radius 1 is 1.03 bits per heavy atom. The van der Waals surface area contributed by atoms with Gasteiger partial charge in [-0.2, -0.15) is 5.10 Å². The van der Waals surface area contributed by atoms with Crippen LogP contribution in [-0.4, -0.2) is 102 Å². The molecule has 214 valence electrons. The summed E-state index contributed by atoms with van der Waals surface area (Å²) in [5.41, 5.74) is 2.25. The first-order valence-electron chi connectivity index (χ1n) is 14.6. The summed E-state index contributed by atoms with van der Waals surface area (Å²) < 4.78 is 7.58. The topological polar surface area (TPSA) is 74.2 Å². The summed E-state index contributed by atoms with van der Waals surface area (Å²) in [6, 6.07) is 8.40. The molecule has 0 bridgehead atoms. The summed E-state index contributed by atoms with van der Waals surface area (Å²) >= 11 is 0. The van der Waals surface area contributed by atoms with Crippen LogP contribution >= 0.6 is 0 Å². The Labute approximate surface area is 233 Å². The Morgan fingerprint density at radius 3 is 2.44 bits per heavy atom. The van der Waals surface area contributed by atoms with E-state index in [9.17, 15) is 9.59 Å². The van der Waals surface area contributed by atoms with Crippen molar-refractivity contribution in [3.05, 3.63) is 42.2 Å². The third-order valence-electron chi connectivity index (χ3n) is 8.03. The normalized spacial score (nSPS) is 19.8. The molecule has 0 unspecified atom stereocenters. The predicted molar refractivity (Wildman–Crippen MR) is 154 cm³/mol. The van der Waals surface area contributed by atoms with Gasteiger partial charge in [0.25, 0.3) is 0 Å². The van der Waals surface area contributed by atoms with E-state index in [2.05, 4.69) is 38.1 Å². The third kappa shape index (κ3) is 7.75. The SMILES string of the molecule is CCOc1cccc(Cn2cc(N3CCN(C(=O)C4CCC(N(CCN(C)C)C(=O)CC)CC4)CC3)cn2)c1. The van der Waals surface area contributed by atoms with Gasteiger partial charge in [0, 0.05) is 63.8 Å². The van der Waals surface area contributed by atoms with Gasteiger partial charge in [-0.05, 0) is 64.4 Å². The molecule has 1 aliphatic heterocycles. The van der Waals surface area contributed by atoms with Crippen molar-refractivity contribution in [3.63, 3.8) is 0 Å². The van der Waals surface area contributed by atoms with Crippen molar-refractivity contribution in [2.45, 2.75) is 58.5 Å². The van der Waals surface area contributed by atoms with Crippen molar-refractivity contribution in [2.24, 2.45) is 5.92 Å². The molecule has 1 aromatic carbocycles. The Balaban J connectivity index is 1.24. The number of piperazine rings is 1. The van der Waals surface area contributed by atoms with Crippen LogP contribution in [0, 0.1) is 5.92 Å². The molecule has 1 saturated heterocycles. The maximum atomic E-state index is 13.4. The zero-order valence-electron chi connectivity index (χ0n) is 24.2. The molecule has 2 aromatic rings. The highest BCUT2D eigenvalue weighted by atomic mass is 16.5. The summed E-state index contributed by atoms with van der Waals surface area (Å²) in [4.78, 5) is 34.5. The number of hydrogen-bond donors (Lipinski definition) is 0. The quantitative estimate of drug-likeness (QED) is 0.437. The molecule has 2 amide bonds. The molecular weight excluding hydrogens is 492 g/mol. The second kappa shape index (κ2) is 13.8. The van der Waals surface area contributed by atoms with Crippen LogP contribution < -0.4 is 9.64 Å². The second-order valence-electron chi connectivity index (χ2n) is 11.0. The molecule has 39 heavy (non-hydrogen) atoms. The molecule has 2 heterocycles. The fraction of sp³-hybridized carbons (Fsp3) is 0.633. The van der Waals surface area contributed by atoms with Crippen LogP contribution in [0.1, 0.15) is 51.5 Å². The lowest BCUT2D eigenvalue weighted by Crippen LogP contribution is -2.51. The van der Waals surface area contributed by atoms with E-state index in [1.165, 1.54) is 0 Å². The molecule has 1 aromatic heterocycles. The number of carbonyl (C=O) groups excluding carboxylic acids is 2. The number of rotatable bonds is 11. The van der Waals surface area contributed by atoms with Gasteiger partial charge in [0.1, 0.15) is 5.75 Å². The first-order chi connectivity index (χ1) is 18.9. The maximum absolute atomic E-state index is 13.4. The van der Waals surface area contributed by atoms with Crippen LogP contribution in [0.4, 0.5) is 5.69 Å². The molecule has 9 nitrogen and oxygen atoms in total. The highest BCUT2D eigenvalue weighted by molar-refractivity contribution is 5.79. The predicted octanol–water partition coefficient (Wildman–Crippen LogP) is 3.34. The lowest BCUT2D eigenvalue weighted by atomic mass is 9.84. The Bertz CT molecular complexity index is 1070. The molecule has 0 atom stereocenters. The van der Waals surface area contributed by atoms with Gasteiger partial charge >= 0.3 is 0 Å². The standard InChI is InChI=1S/C30H46N6O3/c1-5-29(37)36(19-14-32(3)4)26-12-10-25(11-13-26)30(38)34-17-15-33(16-18-34)27-21-31-35(23-27)22-24-8-7-9-28(20-24)39-6-2/h7-9,20-21,23,25-26H,5-6,10-19,22H2,1-4H3. The van der Waals surface area contributed by atoms with Crippen LogP contribution in [0.2, 0.25) is 0 Å². The summed E-state index contributed by atoms with van der Waals surface area (Å²) in [7, 11) is 4.08. The highest BCUT2D eigenvalue weighted by Gasteiger charge is 2.34.